The minimum Gasteiger partial charge on any atom is -0.465 e. The van der Waals surface area contributed by atoms with Gasteiger partial charge in [0.2, 0.25) is 5.91 Å². The molecule has 0 aromatic heterocycles. The number of nitriles is 1. The molecule has 6 nitrogen and oxygen atoms in total. The van der Waals surface area contributed by atoms with Crippen molar-refractivity contribution in [1.82, 2.24) is 10.2 Å². The first-order valence-corrected chi connectivity index (χ1v) is 7.16. The van der Waals surface area contributed by atoms with Gasteiger partial charge in [0, 0.05) is 6.54 Å². The summed E-state index contributed by atoms with van der Waals surface area (Å²) in [6, 6.07) is 2.18. The van der Waals surface area contributed by atoms with E-state index in [1.807, 2.05) is 0 Å². The van der Waals surface area contributed by atoms with Gasteiger partial charge in [-0.25, -0.2) is 0 Å². The zero-order chi connectivity index (χ0) is 15.9. The van der Waals surface area contributed by atoms with E-state index in [1.165, 1.54) is 0 Å². The minimum atomic E-state index is -0.819. The second-order valence-corrected chi connectivity index (χ2v) is 5.40. The molecule has 1 rings (SSSR count). The highest BCUT2D eigenvalue weighted by Crippen LogP contribution is 2.39. The first-order valence-electron chi connectivity index (χ1n) is 7.16. The van der Waals surface area contributed by atoms with Crippen LogP contribution in [0, 0.1) is 17.2 Å². The van der Waals surface area contributed by atoms with Gasteiger partial charge in [-0.3, -0.25) is 14.5 Å². The first-order chi connectivity index (χ1) is 9.95. The van der Waals surface area contributed by atoms with Crippen LogP contribution in [0.1, 0.15) is 26.7 Å². The molecule has 0 aliphatic heterocycles. The van der Waals surface area contributed by atoms with E-state index in [9.17, 15) is 14.9 Å². The number of ether oxygens (including phenoxy) is 1. The fraction of sp³-hybridized carbons (Fsp3) is 0.667. The Labute approximate surface area is 125 Å². The van der Waals surface area contributed by atoms with Crippen LogP contribution >= 0.6 is 0 Å². The number of nitrogens with one attached hydrogen (secondary N) is 1. The molecule has 1 aliphatic rings. The Morgan fingerprint density at radius 2 is 2.19 bits per heavy atom. The molecule has 1 amide bonds. The molecule has 0 radical (unpaired) electrons. The lowest BCUT2D eigenvalue weighted by Crippen LogP contribution is -2.50. The van der Waals surface area contributed by atoms with Gasteiger partial charge in [0.15, 0.2) is 0 Å². The highest BCUT2D eigenvalue weighted by Gasteiger charge is 2.43. The van der Waals surface area contributed by atoms with Crippen LogP contribution in [0.25, 0.3) is 0 Å². The maximum atomic E-state index is 12.1. The number of carbonyl (C=O) groups is 2. The molecule has 0 bridgehead atoms. The molecule has 0 spiro atoms. The molecular formula is C15H23N3O3. The van der Waals surface area contributed by atoms with E-state index in [4.69, 9.17) is 4.74 Å². The molecular weight excluding hydrogens is 270 g/mol. The van der Waals surface area contributed by atoms with Gasteiger partial charge < -0.3 is 10.1 Å². The third kappa shape index (κ3) is 5.56. The van der Waals surface area contributed by atoms with Gasteiger partial charge >= 0.3 is 5.97 Å². The largest absolute Gasteiger partial charge is 0.465 e. The van der Waals surface area contributed by atoms with Gasteiger partial charge in [0.05, 0.1) is 25.8 Å². The van der Waals surface area contributed by atoms with E-state index in [0.717, 1.165) is 12.8 Å². The van der Waals surface area contributed by atoms with E-state index in [-0.39, 0.29) is 30.9 Å². The van der Waals surface area contributed by atoms with E-state index < -0.39 is 5.54 Å². The van der Waals surface area contributed by atoms with Crippen LogP contribution in [0.5, 0.6) is 0 Å². The summed E-state index contributed by atoms with van der Waals surface area (Å²) in [5, 5.41) is 12.0. The molecule has 1 aliphatic carbocycles. The molecule has 1 saturated carbocycles. The number of hydrogen-bond acceptors (Lipinski definition) is 5. The van der Waals surface area contributed by atoms with Gasteiger partial charge in [-0.15, -0.1) is 6.58 Å². The Morgan fingerprint density at radius 1 is 1.52 bits per heavy atom. The molecule has 1 N–H and O–H groups in total. The van der Waals surface area contributed by atoms with Gasteiger partial charge in [-0.1, -0.05) is 6.08 Å². The Morgan fingerprint density at radius 3 is 2.67 bits per heavy atom. The second kappa shape index (κ2) is 7.79. The quantitative estimate of drug-likeness (QED) is 0.503. The summed E-state index contributed by atoms with van der Waals surface area (Å²) < 4.78 is 4.87. The van der Waals surface area contributed by atoms with Crippen LogP contribution in [-0.2, 0) is 14.3 Å². The predicted molar refractivity (Wildman–Crippen MR) is 78.2 cm³/mol. The minimum absolute atomic E-state index is 0.0278. The molecule has 6 heteroatoms. The lowest BCUT2D eigenvalue weighted by molar-refractivity contribution is -0.144. The van der Waals surface area contributed by atoms with Crippen LogP contribution in [0.3, 0.4) is 0 Å². The molecule has 0 saturated heterocycles. The Balaban J connectivity index is 2.53. The zero-order valence-electron chi connectivity index (χ0n) is 12.7. The van der Waals surface area contributed by atoms with Crippen molar-refractivity contribution in [3.05, 3.63) is 12.7 Å². The van der Waals surface area contributed by atoms with Gasteiger partial charge in [0.1, 0.15) is 5.54 Å². The van der Waals surface area contributed by atoms with E-state index in [2.05, 4.69) is 18.0 Å². The number of amides is 1. The monoisotopic (exact) mass is 293 g/mol. The number of carbonyl (C=O) groups excluding carboxylic acids is 2. The average molecular weight is 293 g/mol. The van der Waals surface area contributed by atoms with E-state index >= 15 is 0 Å². The summed E-state index contributed by atoms with van der Waals surface area (Å²) in [6.07, 6.45) is 3.55. The zero-order valence-corrected chi connectivity index (χ0v) is 12.7. The molecule has 1 fully saturated rings. The third-order valence-electron chi connectivity index (χ3n) is 3.44. The fourth-order valence-electron chi connectivity index (χ4n) is 2.17. The smallest absolute Gasteiger partial charge is 0.320 e. The maximum Gasteiger partial charge on any atom is 0.320 e. The lowest BCUT2D eigenvalue weighted by atomic mass is 9.98. The topological polar surface area (TPSA) is 82.4 Å². The Hall–Kier alpha value is -1.87. The van der Waals surface area contributed by atoms with Crippen LogP contribution in [-0.4, -0.2) is 48.6 Å². The van der Waals surface area contributed by atoms with E-state index in [1.54, 1.807) is 24.8 Å². The van der Waals surface area contributed by atoms with Crippen molar-refractivity contribution in [2.45, 2.75) is 32.2 Å². The molecule has 0 aromatic rings. The summed E-state index contributed by atoms with van der Waals surface area (Å²) in [4.78, 5) is 25.2. The van der Waals surface area contributed by atoms with Gasteiger partial charge in [0.25, 0.3) is 0 Å². The average Bonchev–Trinajstić information content (AvgIpc) is 3.23. The van der Waals surface area contributed by atoms with Crippen LogP contribution in [0.2, 0.25) is 0 Å². The molecule has 1 atom stereocenters. The summed E-state index contributed by atoms with van der Waals surface area (Å²) in [6.45, 7) is 7.86. The Kier molecular flexibility index (Phi) is 6.38. The number of rotatable bonds is 9. The number of esters is 1. The third-order valence-corrected chi connectivity index (χ3v) is 3.44. The van der Waals surface area contributed by atoms with Crippen LogP contribution in [0.15, 0.2) is 12.7 Å². The number of hydrogen-bond donors (Lipinski definition) is 1. The van der Waals surface area contributed by atoms with Crippen LogP contribution < -0.4 is 5.32 Å². The van der Waals surface area contributed by atoms with Crippen molar-refractivity contribution in [2.24, 2.45) is 5.92 Å². The summed E-state index contributed by atoms with van der Waals surface area (Å²) >= 11 is 0. The highest BCUT2D eigenvalue weighted by molar-refractivity contribution is 5.80. The SMILES string of the molecule is C=CCN(CC(=O)NC(C)(C#N)C1CC1)CC(=O)OCC. The van der Waals surface area contributed by atoms with Gasteiger partial charge in [-0.2, -0.15) is 5.26 Å². The van der Waals surface area contributed by atoms with Crippen LogP contribution in [0.4, 0.5) is 0 Å². The maximum absolute atomic E-state index is 12.1. The normalized spacial score (nSPS) is 16.7. The van der Waals surface area contributed by atoms with Crippen molar-refractivity contribution in [2.75, 3.05) is 26.2 Å². The van der Waals surface area contributed by atoms with Crippen molar-refractivity contribution in [3.8, 4) is 6.07 Å². The lowest BCUT2D eigenvalue weighted by Gasteiger charge is -2.25. The standard InChI is InChI=1S/C15H23N3O3/c1-4-8-18(10-14(20)21-5-2)9-13(19)17-15(3,11-16)12-6-7-12/h4,12H,1,5-10H2,2-3H3,(H,17,19). The fourth-order valence-corrected chi connectivity index (χ4v) is 2.17. The van der Waals surface area contributed by atoms with Gasteiger partial charge in [-0.05, 0) is 32.6 Å². The van der Waals surface area contributed by atoms with Crippen molar-refractivity contribution in [3.63, 3.8) is 0 Å². The summed E-state index contributed by atoms with van der Waals surface area (Å²) in [5.41, 5.74) is -0.819. The molecule has 0 aromatic carbocycles. The number of nitrogens with zero attached hydrogens (tertiary/aromatic N) is 2. The summed E-state index contributed by atoms with van der Waals surface area (Å²) in [7, 11) is 0. The predicted octanol–water partition coefficient (Wildman–Crippen LogP) is 0.846. The molecule has 0 heterocycles. The van der Waals surface area contributed by atoms with Crippen molar-refractivity contribution < 1.29 is 14.3 Å². The van der Waals surface area contributed by atoms with Crippen molar-refractivity contribution in [1.29, 1.82) is 5.26 Å². The Bertz CT molecular complexity index is 440. The molecule has 116 valence electrons. The first kappa shape index (κ1) is 17.2. The molecule has 21 heavy (non-hydrogen) atoms. The van der Waals surface area contributed by atoms with Crippen molar-refractivity contribution >= 4 is 11.9 Å². The highest BCUT2D eigenvalue weighted by atomic mass is 16.5. The molecule has 1 unspecified atom stereocenters. The second-order valence-electron chi connectivity index (χ2n) is 5.40. The van der Waals surface area contributed by atoms with E-state index in [0.29, 0.717) is 13.2 Å². The summed E-state index contributed by atoms with van der Waals surface area (Å²) in [5.74, 6) is -0.418.